The van der Waals surface area contributed by atoms with E-state index < -0.39 is 8.08 Å². The molecule has 1 nitrogen and oxygen atoms in total. The Hall–Kier alpha value is 0.611. The molecule has 0 atom stereocenters. The van der Waals surface area contributed by atoms with E-state index >= 15 is 0 Å². The molecule has 4 heteroatoms. The maximum atomic E-state index is 9.46. The molecule has 0 fully saturated rings. The van der Waals surface area contributed by atoms with E-state index in [-0.39, 0.29) is 0 Å². The smallest absolute Gasteiger partial charge is 0.0183 e. The van der Waals surface area contributed by atoms with Gasteiger partial charge in [0.05, 0.1) is 0 Å². The molecule has 0 spiro atoms. The van der Waals surface area contributed by atoms with Gasteiger partial charge in [0, 0.05) is 0 Å². The van der Waals surface area contributed by atoms with Gasteiger partial charge in [0.15, 0.2) is 0 Å². The molecule has 0 unspecified atom stereocenters. The van der Waals surface area contributed by atoms with Crippen molar-refractivity contribution in [1.82, 2.24) is 0 Å². The van der Waals surface area contributed by atoms with Gasteiger partial charge in [-0.15, -0.1) is 0 Å². The molecule has 0 aliphatic rings. The van der Waals surface area contributed by atoms with Crippen LogP contribution in [0.3, 0.4) is 0 Å². The minimum absolute atomic E-state index is 1.52. The summed E-state index contributed by atoms with van der Waals surface area (Å²) in [5.41, 5.74) is 0. The van der Waals surface area contributed by atoms with Gasteiger partial charge in [0.2, 0.25) is 0 Å². The van der Waals surface area contributed by atoms with E-state index in [4.69, 9.17) is 0 Å². The van der Waals surface area contributed by atoms with Crippen molar-refractivity contribution < 1.29 is 4.80 Å². The monoisotopic (exact) mass is 99.9 g/mol. The van der Waals surface area contributed by atoms with E-state index in [2.05, 4.69) is 19.5 Å². The van der Waals surface area contributed by atoms with Crippen molar-refractivity contribution in [3.05, 3.63) is 0 Å². The highest BCUT2D eigenvalue weighted by Crippen LogP contribution is 1.25. The number of rotatable bonds is 0. The fourth-order valence-electron chi connectivity index (χ4n) is 0. The van der Waals surface area contributed by atoms with Crippen LogP contribution in [0.2, 0.25) is 0 Å². The molecule has 0 bridgehead atoms. The summed E-state index contributed by atoms with van der Waals surface area (Å²) in [6, 6.07) is 0. The molecule has 0 saturated heterocycles. The lowest BCUT2D eigenvalue weighted by molar-refractivity contribution is -0.179. The zero-order valence-electron chi connectivity index (χ0n) is 1.91. The third-order valence-corrected chi connectivity index (χ3v) is 0. The highest BCUT2D eigenvalue weighted by Gasteiger charge is 1.57. The molecule has 0 amide bonds. The van der Waals surface area contributed by atoms with Gasteiger partial charge < -0.3 is 4.80 Å². The van der Waals surface area contributed by atoms with Crippen LogP contribution in [0.15, 0.2) is 0 Å². The Bertz CT molecular complexity index is 8.00. The lowest BCUT2D eigenvalue weighted by Gasteiger charge is -1.99. The molecule has 7 radical (unpaired) electrons. The quantitative estimate of drug-likeness (QED) is 0.313. The van der Waals surface area contributed by atoms with Gasteiger partial charge >= 0.3 is 0 Å². The van der Waals surface area contributed by atoms with Gasteiger partial charge in [-0.05, 0) is 19.5 Å². The minimum atomic E-state index is -1.52. The summed E-state index contributed by atoms with van der Waals surface area (Å²) in [4.78, 5) is 9.46. The van der Waals surface area contributed by atoms with Crippen molar-refractivity contribution in [2.75, 3.05) is 0 Å². The van der Waals surface area contributed by atoms with E-state index in [1.54, 1.807) is 0 Å². The first-order chi connectivity index (χ1) is 1.73. The SMILES string of the molecule is [O-][Si]([Si])[Si]. The largest absolute Gasteiger partial charge is 0.865 e. The number of hydrogen-bond donors (Lipinski definition) is 0. The predicted octanol–water partition coefficient (Wildman–Crippen LogP) is -2.33. The highest BCUT2D eigenvalue weighted by molar-refractivity contribution is 7.24. The Labute approximate surface area is 33.2 Å². The molecule has 0 heterocycles. The van der Waals surface area contributed by atoms with Gasteiger partial charge in [-0.3, -0.25) is 0 Å². The Morgan fingerprint density at radius 3 is 1.50 bits per heavy atom. The highest BCUT2D eigenvalue weighted by atomic mass is 29.5. The number of hydrogen-bond acceptors (Lipinski definition) is 1. The first-order valence-corrected chi connectivity index (χ1v) is 5.11. The van der Waals surface area contributed by atoms with E-state index in [1.807, 2.05) is 0 Å². The summed E-state index contributed by atoms with van der Waals surface area (Å²) < 4.78 is 0. The zero-order chi connectivity index (χ0) is 3.58. The summed E-state index contributed by atoms with van der Waals surface area (Å²) in [6.07, 6.45) is 0. The van der Waals surface area contributed by atoms with E-state index in [0.717, 1.165) is 0 Å². The van der Waals surface area contributed by atoms with Crippen molar-refractivity contribution in [3.8, 4) is 0 Å². The van der Waals surface area contributed by atoms with Gasteiger partial charge in [-0.25, -0.2) is 0 Å². The van der Waals surface area contributed by atoms with Crippen molar-refractivity contribution in [2.24, 2.45) is 0 Å². The summed E-state index contributed by atoms with van der Waals surface area (Å²) >= 11 is 0. The third-order valence-electron chi connectivity index (χ3n) is 0. The Morgan fingerprint density at radius 1 is 1.50 bits per heavy atom. The molecule has 0 saturated carbocycles. The van der Waals surface area contributed by atoms with Crippen LogP contribution in [-0.2, 0) is 0 Å². The first kappa shape index (κ1) is 4.61. The maximum Gasteiger partial charge on any atom is -0.0183 e. The average Bonchev–Trinajstić information content (AvgIpc) is 0.811. The van der Waals surface area contributed by atoms with E-state index in [0.29, 0.717) is 0 Å². The molecule has 0 aromatic rings. The second-order valence-corrected chi connectivity index (χ2v) is 5.21. The van der Waals surface area contributed by atoms with Crippen molar-refractivity contribution in [1.29, 1.82) is 0 Å². The lowest BCUT2D eigenvalue weighted by Crippen LogP contribution is -2.31. The van der Waals surface area contributed by atoms with Gasteiger partial charge in [0.25, 0.3) is 0 Å². The van der Waals surface area contributed by atoms with Crippen LogP contribution in [0.4, 0.5) is 0 Å². The predicted molar refractivity (Wildman–Crippen MR) is 17.3 cm³/mol. The molecule has 0 rings (SSSR count). The molecular weight excluding hydrogens is 100 g/mol. The van der Waals surface area contributed by atoms with Crippen LogP contribution in [0.5, 0.6) is 0 Å². The fraction of sp³-hybridized carbons (Fsp3) is 0. The van der Waals surface area contributed by atoms with Crippen LogP contribution in [0.25, 0.3) is 0 Å². The van der Waals surface area contributed by atoms with Crippen LogP contribution < -0.4 is 4.80 Å². The first-order valence-electron chi connectivity index (χ1n) is 0.704. The average molecular weight is 100 g/mol. The molecule has 0 aromatic heterocycles. The van der Waals surface area contributed by atoms with Gasteiger partial charge in [-0.2, -0.15) is 0 Å². The topological polar surface area (TPSA) is 23.1 Å². The molecule has 0 aromatic carbocycles. The summed E-state index contributed by atoms with van der Waals surface area (Å²) in [7, 11) is 4.02. The molecule has 0 aliphatic heterocycles. The second-order valence-electron chi connectivity index (χ2n) is 0.329. The van der Waals surface area contributed by atoms with Crippen molar-refractivity contribution in [2.45, 2.75) is 0 Å². The third kappa shape index (κ3) is 18.2. The standard InChI is InChI=1S/OSi3/c1-4(2)3/q-1. The fourth-order valence-corrected chi connectivity index (χ4v) is 0. The molecular formula is OSi3-. The second kappa shape index (κ2) is 1.89. The Balaban J connectivity index is 2.32. The van der Waals surface area contributed by atoms with Crippen LogP contribution in [0, 0.1) is 0 Å². The summed E-state index contributed by atoms with van der Waals surface area (Å²) in [5, 5.41) is 0. The van der Waals surface area contributed by atoms with Gasteiger partial charge in [0.1, 0.15) is 0 Å². The molecule has 0 aliphatic carbocycles. The molecule has 19 valence electrons. The Morgan fingerprint density at radius 2 is 1.50 bits per heavy atom. The maximum absolute atomic E-state index is 9.46. The van der Waals surface area contributed by atoms with Crippen LogP contribution in [-0.4, -0.2) is 27.6 Å². The van der Waals surface area contributed by atoms with Crippen molar-refractivity contribution in [3.63, 3.8) is 0 Å². The van der Waals surface area contributed by atoms with Crippen LogP contribution >= 0.6 is 0 Å². The van der Waals surface area contributed by atoms with Crippen LogP contribution in [0.1, 0.15) is 0 Å². The molecule has 4 heavy (non-hydrogen) atoms. The molecule has 0 N–H and O–H groups in total. The van der Waals surface area contributed by atoms with E-state index in [1.165, 1.54) is 0 Å². The summed E-state index contributed by atoms with van der Waals surface area (Å²) in [6.45, 7) is 0. The van der Waals surface area contributed by atoms with E-state index in [9.17, 15) is 4.80 Å². The Kier molecular flexibility index (Phi) is 2.18. The van der Waals surface area contributed by atoms with Gasteiger partial charge in [-0.1, -0.05) is 8.08 Å². The normalized spacial score (nSPS) is 9.00. The minimum Gasteiger partial charge on any atom is -0.865 e. The summed E-state index contributed by atoms with van der Waals surface area (Å²) in [5.74, 6) is 0. The zero-order valence-corrected chi connectivity index (χ0v) is 4.91. The lowest BCUT2D eigenvalue weighted by atomic mass is 15.9. The van der Waals surface area contributed by atoms with Crippen molar-refractivity contribution >= 4 is 27.6 Å².